The molecular weight excluding hydrogens is 148 g/mol. The van der Waals surface area contributed by atoms with Gasteiger partial charge in [-0.3, -0.25) is 9.59 Å². The fraction of sp³-hybridized carbons (Fsp3) is 0.714. The molecule has 0 bridgehead atoms. The van der Waals surface area contributed by atoms with Crippen molar-refractivity contribution in [1.29, 1.82) is 0 Å². The van der Waals surface area contributed by atoms with Gasteiger partial charge in [-0.15, -0.1) is 0 Å². The molecule has 11 heavy (non-hydrogen) atoms. The van der Waals surface area contributed by atoms with Gasteiger partial charge in [0, 0.05) is 6.92 Å². The summed E-state index contributed by atoms with van der Waals surface area (Å²) in [4.78, 5) is 18.6. The van der Waals surface area contributed by atoms with Crippen molar-refractivity contribution >= 4 is 12.1 Å². The van der Waals surface area contributed by atoms with Crippen LogP contribution in [0.2, 0.25) is 0 Å². The van der Waals surface area contributed by atoms with Crippen molar-refractivity contribution in [3.8, 4) is 0 Å². The average Bonchev–Trinajstić information content (AvgIpc) is 1.89. The first kappa shape index (κ1) is 12.9. The van der Waals surface area contributed by atoms with Crippen LogP contribution in [-0.2, 0) is 9.59 Å². The number of rotatable bonds is 3. The summed E-state index contributed by atoms with van der Waals surface area (Å²) in [5.41, 5.74) is 0. The van der Waals surface area contributed by atoms with Crippen LogP contribution in [0.25, 0.3) is 0 Å². The van der Waals surface area contributed by atoms with E-state index < -0.39 is 12.1 Å². The third kappa shape index (κ3) is 26.9. The fourth-order valence-electron chi connectivity index (χ4n) is 0.258. The first-order valence-electron chi connectivity index (χ1n) is 3.36. The van der Waals surface area contributed by atoms with Gasteiger partial charge < -0.3 is 10.2 Å². The molecule has 66 valence electrons. The van der Waals surface area contributed by atoms with Gasteiger partial charge in [0.15, 0.2) is 18.4 Å². The smallest absolute Gasteiger partial charge is 0.192 e. The highest BCUT2D eigenvalue weighted by molar-refractivity contribution is 6.23. The van der Waals surface area contributed by atoms with E-state index >= 15 is 0 Å². The second-order valence-electron chi connectivity index (χ2n) is 2.00. The quantitative estimate of drug-likeness (QED) is 0.344. The SMILES string of the molecule is CC(=O)C=O.CCCC(O)O. The van der Waals surface area contributed by atoms with E-state index in [4.69, 9.17) is 15.0 Å². The maximum atomic E-state index is 9.44. The van der Waals surface area contributed by atoms with Gasteiger partial charge in [0.1, 0.15) is 0 Å². The summed E-state index contributed by atoms with van der Waals surface area (Å²) in [6.45, 7) is 3.12. The van der Waals surface area contributed by atoms with Gasteiger partial charge in [-0.25, -0.2) is 0 Å². The maximum absolute atomic E-state index is 9.44. The van der Waals surface area contributed by atoms with E-state index in [2.05, 4.69) is 0 Å². The molecule has 0 aromatic rings. The molecule has 0 radical (unpaired) electrons. The van der Waals surface area contributed by atoms with E-state index in [-0.39, 0.29) is 6.29 Å². The van der Waals surface area contributed by atoms with Crippen molar-refractivity contribution in [2.75, 3.05) is 0 Å². The second kappa shape index (κ2) is 9.26. The normalized spacial score (nSPS) is 8.45. The van der Waals surface area contributed by atoms with E-state index in [1.165, 1.54) is 6.92 Å². The van der Waals surface area contributed by atoms with E-state index in [1.807, 2.05) is 6.92 Å². The maximum Gasteiger partial charge on any atom is 0.192 e. The van der Waals surface area contributed by atoms with Crippen molar-refractivity contribution in [2.45, 2.75) is 33.0 Å². The number of aldehydes is 1. The van der Waals surface area contributed by atoms with Crippen LogP contribution in [-0.4, -0.2) is 28.6 Å². The van der Waals surface area contributed by atoms with Gasteiger partial charge in [0.2, 0.25) is 0 Å². The van der Waals surface area contributed by atoms with Crippen LogP contribution in [0.3, 0.4) is 0 Å². The summed E-state index contributed by atoms with van der Waals surface area (Å²) < 4.78 is 0. The highest BCUT2D eigenvalue weighted by Crippen LogP contribution is 1.88. The average molecular weight is 162 g/mol. The Morgan fingerprint density at radius 3 is 1.91 bits per heavy atom. The van der Waals surface area contributed by atoms with Gasteiger partial charge >= 0.3 is 0 Å². The molecule has 0 spiro atoms. The molecule has 4 nitrogen and oxygen atoms in total. The molecule has 2 N–H and O–H groups in total. The highest BCUT2D eigenvalue weighted by Gasteiger charge is 1.89. The summed E-state index contributed by atoms with van der Waals surface area (Å²) >= 11 is 0. The Morgan fingerprint density at radius 2 is 1.91 bits per heavy atom. The van der Waals surface area contributed by atoms with Gasteiger partial charge in [0.25, 0.3) is 0 Å². The number of Topliss-reactive ketones (excluding diaryl/α,β-unsaturated/α-hetero) is 1. The molecule has 0 atom stereocenters. The first-order chi connectivity index (χ1) is 5.04. The molecular formula is C7H14O4. The van der Waals surface area contributed by atoms with Gasteiger partial charge in [-0.05, 0) is 6.42 Å². The second-order valence-corrected chi connectivity index (χ2v) is 2.00. The lowest BCUT2D eigenvalue weighted by Gasteiger charge is -1.94. The largest absolute Gasteiger partial charge is 0.368 e. The Labute approximate surface area is 65.8 Å². The Balaban J connectivity index is 0. The molecule has 0 saturated heterocycles. The third-order valence-electron chi connectivity index (χ3n) is 0.713. The molecule has 0 saturated carbocycles. The summed E-state index contributed by atoms with van der Waals surface area (Å²) in [6.07, 6.45) is 0.493. The van der Waals surface area contributed by atoms with Crippen LogP contribution in [0, 0.1) is 0 Å². The lowest BCUT2D eigenvalue weighted by molar-refractivity contribution is -0.128. The predicted molar refractivity (Wildman–Crippen MR) is 39.9 cm³/mol. The molecule has 0 fully saturated rings. The minimum atomic E-state index is -1.10. The zero-order valence-electron chi connectivity index (χ0n) is 6.78. The van der Waals surface area contributed by atoms with Gasteiger partial charge in [-0.2, -0.15) is 0 Å². The van der Waals surface area contributed by atoms with E-state index in [9.17, 15) is 4.79 Å². The van der Waals surface area contributed by atoms with Crippen LogP contribution in [0.5, 0.6) is 0 Å². The van der Waals surface area contributed by atoms with E-state index in [0.29, 0.717) is 6.42 Å². The zero-order chi connectivity index (χ0) is 9.28. The van der Waals surface area contributed by atoms with Crippen LogP contribution in [0.4, 0.5) is 0 Å². The molecule has 0 aliphatic rings. The molecule has 0 aromatic heterocycles. The number of aliphatic hydroxyl groups is 2. The lowest BCUT2D eigenvalue weighted by atomic mass is 10.3. The third-order valence-corrected chi connectivity index (χ3v) is 0.713. The number of hydrogen-bond acceptors (Lipinski definition) is 4. The van der Waals surface area contributed by atoms with Crippen LogP contribution in [0.15, 0.2) is 0 Å². The minimum absolute atomic E-state index is 0.278. The minimum Gasteiger partial charge on any atom is -0.368 e. The monoisotopic (exact) mass is 162 g/mol. The molecule has 0 unspecified atom stereocenters. The van der Waals surface area contributed by atoms with E-state index in [0.717, 1.165) is 6.42 Å². The van der Waals surface area contributed by atoms with E-state index in [1.54, 1.807) is 0 Å². The summed E-state index contributed by atoms with van der Waals surface area (Å²) in [5, 5.41) is 16.2. The van der Waals surface area contributed by atoms with Crippen LogP contribution >= 0.6 is 0 Å². The van der Waals surface area contributed by atoms with Crippen molar-refractivity contribution in [3.05, 3.63) is 0 Å². The van der Waals surface area contributed by atoms with Crippen LogP contribution < -0.4 is 0 Å². The summed E-state index contributed by atoms with van der Waals surface area (Å²) in [5.74, 6) is -0.426. The number of carbonyl (C=O) groups excluding carboxylic acids is 2. The molecule has 0 heterocycles. The lowest BCUT2D eigenvalue weighted by Crippen LogP contribution is -2.01. The number of aliphatic hydroxyl groups excluding tert-OH is 1. The molecule has 4 heteroatoms. The molecule has 0 aliphatic heterocycles. The fourth-order valence-corrected chi connectivity index (χ4v) is 0.258. The molecule has 0 rings (SSSR count). The van der Waals surface area contributed by atoms with Crippen molar-refractivity contribution in [3.63, 3.8) is 0 Å². The molecule has 0 amide bonds. The highest BCUT2D eigenvalue weighted by atomic mass is 16.5. The van der Waals surface area contributed by atoms with Crippen LogP contribution in [0.1, 0.15) is 26.7 Å². The number of ketones is 1. The number of hydrogen-bond donors (Lipinski definition) is 2. The standard InChI is InChI=1S/C4H10O2.C3H4O2/c1-2-3-4(5)6;1-3(5)2-4/h4-6H,2-3H2,1H3;2H,1H3. The Morgan fingerprint density at radius 1 is 1.55 bits per heavy atom. The summed E-state index contributed by atoms with van der Waals surface area (Å²) in [7, 11) is 0. The topological polar surface area (TPSA) is 74.6 Å². The van der Waals surface area contributed by atoms with Crippen molar-refractivity contribution < 1.29 is 19.8 Å². The number of carbonyl (C=O) groups is 2. The predicted octanol–water partition coefficient (Wildman–Crippen LogP) is -0.129. The Kier molecular flexibility index (Phi) is 10.9. The van der Waals surface area contributed by atoms with Crippen molar-refractivity contribution in [2.24, 2.45) is 0 Å². The van der Waals surface area contributed by atoms with Gasteiger partial charge in [0.05, 0.1) is 0 Å². The van der Waals surface area contributed by atoms with Gasteiger partial charge in [-0.1, -0.05) is 13.3 Å². The summed E-state index contributed by atoms with van der Waals surface area (Å²) in [6, 6.07) is 0. The zero-order valence-corrected chi connectivity index (χ0v) is 6.78. The Hall–Kier alpha value is -0.740. The first-order valence-corrected chi connectivity index (χ1v) is 3.36. The molecule has 0 aliphatic carbocycles. The Bertz CT molecular complexity index is 109. The van der Waals surface area contributed by atoms with Crippen molar-refractivity contribution in [1.82, 2.24) is 0 Å². The molecule has 0 aromatic carbocycles.